The summed E-state index contributed by atoms with van der Waals surface area (Å²) in [4.78, 5) is 2.62. The van der Waals surface area contributed by atoms with E-state index in [0.717, 1.165) is 17.9 Å². The molecule has 2 atom stereocenters. The van der Waals surface area contributed by atoms with Crippen LogP contribution >= 0.6 is 0 Å². The zero-order valence-electron chi connectivity index (χ0n) is 10.9. The molecule has 0 saturated heterocycles. The van der Waals surface area contributed by atoms with Crippen molar-refractivity contribution >= 4 is 0 Å². The van der Waals surface area contributed by atoms with Gasteiger partial charge in [0, 0.05) is 19.1 Å². The molecule has 1 saturated carbocycles. The summed E-state index contributed by atoms with van der Waals surface area (Å²) in [6.07, 6.45) is 4.20. The summed E-state index contributed by atoms with van der Waals surface area (Å²) < 4.78 is 0. The Morgan fingerprint density at radius 3 is 2.60 bits per heavy atom. The number of hydrogen-bond donors (Lipinski definition) is 1. The van der Waals surface area contributed by atoms with Crippen LogP contribution in [0.3, 0.4) is 0 Å². The number of nitrogens with zero attached hydrogens (tertiary/aromatic N) is 1. The predicted octanol–water partition coefficient (Wildman–Crippen LogP) is 2.35. The highest BCUT2D eigenvalue weighted by Crippen LogP contribution is 2.26. The van der Waals surface area contributed by atoms with Gasteiger partial charge in [0.25, 0.3) is 0 Å². The van der Waals surface area contributed by atoms with E-state index in [9.17, 15) is 0 Å². The highest BCUT2D eigenvalue weighted by Gasteiger charge is 2.27. The second-order valence-corrected chi connectivity index (χ2v) is 5.33. The molecule has 2 heteroatoms. The van der Waals surface area contributed by atoms with Crippen molar-refractivity contribution in [3.05, 3.63) is 0 Å². The molecule has 0 aliphatic heterocycles. The van der Waals surface area contributed by atoms with Crippen molar-refractivity contribution in [2.24, 2.45) is 11.8 Å². The average molecular weight is 212 g/mol. The van der Waals surface area contributed by atoms with E-state index in [4.69, 9.17) is 0 Å². The minimum Gasteiger partial charge on any atom is -0.317 e. The van der Waals surface area contributed by atoms with Gasteiger partial charge in [-0.2, -0.15) is 0 Å². The predicted molar refractivity (Wildman–Crippen MR) is 67.1 cm³/mol. The molecule has 0 bridgehead atoms. The first-order valence-electron chi connectivity index (χ1n) is 6.57. The highest BCUT2D eigenvalue weighted by atomic mass is 15.1. The molecule has 15 heavy (non-hydrogen) atoms. The van der Waals surface area contributed by atoms with Gasteiger partial charge in [-0.3, -0.25) is 0 Å². The van der Waals surface area contributed by atoms with Crippen LogP contribution in [0, 0.1) is 11.8 Å². The Kier molecular flexibility index (Phi) is 5.62. The highest BCUT2D eigenvalue weighted by molar-refractivity contribution is 4.84. The van der Waals surface area contributed by atoms with Gasteiger partial charge < -0.3 is 10.2 Å². The summed E-state index contributed by atoms with van der Waals surface area (Å²) in [7, 11) is 2.11. The SMILES string of the molecule is CCN(CC(C)C)CC1CCCC1NC. The second kappa shape index (κ2) is 6.49. The standard InChI is InChI=1S/C13H28N2/c1-5-15(9-11(2)3)10-12-7-6-8-13(12)14-4/h11-14H,5-10H2,1-4H3. The Labute approximate surface area is 95.4 Å². The van der Waals surface area contributed by atoms with Crippen LogP contribution in [-0.2, 0) is 0 Å². The van der Waals surface area contributed by atoms with Gasteiger partial charge in [-0.05, 0) is 38.3 Å². The molecule has 1 fully saturated rings. The maximum atomic E-state index is 3.47. The van der Waals surface area contributed by atoms with E-state index in [1.165, 1.54) is 38.9 Å². The van der Waals surface area contributed by atoms with E-state index in [1.807, 2.05) is 0 Å². The van der Waals surface area contributed by atoms with Crippen molar-refractivity contribution in [2.75, 3.05) is 26.7 Å². The Morgan fingerprint density at radius 2 is 2.07 bits per heavy atom. The van der Waals surface area contributed by atoms with Crippen LogP contribution in [-0.4, -0.2) is 37.6 Å². The smallest absolute Gasteiger partial charge is 0.0104 e. The number of hydrogen-bond acceptors (Lipinski definition) is 2. The molecular formula is C13H28N2. The van der Waals surface area contributed by atoms with Gasteiger partial charge in [0.05, 0.1) is 0 Å². The van der Waals surface area contributed by atoms with Crippen LogP contribution in [0.15, 0.2) is 0 Å². The summed E-state index contributed by atoms with van der Waals surface area (Å²) in [6.45, 7) is 10.7. The van der Waals surface area contributed by atoms with Crippen LogP contribution in [0.4, 0.5) is 0 Å². The first kappa shape index (κ1) is 13.0. The second-order valence-electron chi connectivity index (χ2n) is 5.33. The molecule has 1 rings (SSSR count). The van der Waals surface area contributed by atoms with Gasteiger partial charge in [-0.25, -0.2) is 0 Å². The van der Waals surface area contributed by atoms with Gasteiger partial charge in [-0.1, -0.05) is 27.2 Å². The van der Waals surface area contributed by atoms with Crippen LogP contribution < -0.4 is 5.32 Å². The lowest BCUT2D eigenvalue weighted by atomic mass is 10.0. The third-order valence-electron chi connectivity index (χ3n) is 3.59. The molecule has 0 aromatic rings. The third kappa shape index (κ3) is 4.12. The molecule has 0 amide bonds. The van der Waals surface area contributed by atoms with Crippen LogP contribution in [0.1, 0.15) is 40.0 Å². The minimum atomic E-state index is 0.770. The van der Waals surface area contributed by atoms with Crippen molar-refractivity contribution in [1.29, 1.82) is 0 Å². The normalized spacial score (nSPS) is 26.8. The lowest BCUT2D eigenvalue weighted by Gasteiger charge is -2.28. The van der Waals surface area contributed by atoms with Crippen molar-refractivity contribution in [3.8, 4) is 0 Å². The maximum Gasteiger partial charge on any atom is 0.0104 e. The van der Waals surface area contributed by atoms with Gasteiger partial charge >= 0.3 is 0 Å². The first-order chi connectivity index (χ1) is 7.17. The van der Waals surface area contributed by atoms with Gasteiger partial charge in [-0.15, -0.1) is 0 Å². The van der Waals surface area contributed by atoms with E-state index < -0.39 is 0 Å². The van der Waals surface area contributed by atoms with E-state index in [1.54, 1.807) is 0 Å². The number of rotatable bonds is 6. The average Bonchev–Trinajstić information content (AvgIpc) is 2.63. The van der Waals surface area contributed by atoms with Crippen LogP contribution in [0.2, 0.25) is 0 Å². The van der Waals surface area contributed by atoms with Crippen molar-refractivity contribution in [3.63, 3.8) is 0 Å². The fourth-order valence-corrected chi connectivity index (χ4v) is 2.82. The fraction of sp³-hybridized carbons (Fsp3) is 1.00. The first-order valence-corrected chi connectivity index (χ1v) is 6.57. The van der Waals surface area contributed by atoms with E-state index in [-0.39, 0.29) is 0 Å². The fourth-order valence-electron chi connectivity index (χ4n) is 2.82. The summed E-state index contributed by atoms with van der Waals surface area (Å²) in [5, 5.41) is 3.47. The molecule has 0 aromatic heterocycles. The van der Waals surface area contributed by atoms with Crippen LogP contribution in [0.25, 0.3) is 0 Å². The zero-order valence-corrected chi connectivity index (χ0v) is 10.9. The van der Waals surface area contributed by atoms with E-state index in [2.05, 4.69) is 38.0 Å². The molecule has 1 N–H and O–H groups in total. The lowest BCUT2D eigenvalue weighted by molar-refractivity contribution is 0.205. The molecule has 1 aliphatic rings. The molecule has 2 unspecified atom stereocenters. The Bertz CT molecular complexity index is 168. The lowest BCUT2D eigenvalue weighted by Crippen LogP contribution is -2.39. The zero-order chi connectivity index (χ0) is 11.3. The molecule has 0 radical (unpaired) electrons. The third-order valence-corrected chi connectivity index (χ3v) is 3.59. The molecule has 0 heterocycles. The topological polar surface area (TPSA) is 15.3 Å². The largest absolute Gasteiger partial charge is 0.317 e. The Morgan fingerprint density at radius 1 is 1.33 bits per heavy atom. The Hall–Kier alpha value is -0.0800. The quantitative estimate of drug-likeness (QED) is 0.727. The maximum absolute atomic E-state index is 3.47. The van der Waals surface area contributed by atoms with Gasteiger partial charge in [0.15, 0.2) is 0 Å². The minimum absolute atomic E-state index is 0.770. The van der Waals surface area contributed by atoms with E-state index >= 15 is 0 Å². The summed E-state index contributed by atoms with van der Waals surface area (Å²) in [5.74, 6) is 1.67. The van der Waals surface area contributed by atoms with Crippen LogP contribution in [0.5, 0.6) is 0 Å². The molecule has 0 aromatic carbocycles. The van der Waals surface area contributed by atoms with Gasteiger partial charge in [0.2, 0.25) is 0 Å². The molecule has 0 spiro atoms. The molecule has 1 aliphatic carbocycles. The summed E-state index contributed by atoms with van der Waals surface area (Å²) in [5.41, 5.74) is 0. The Balaban J connectivity index is 2.36. The van der Waals surface area contributed by atoms with Crippen molar-refractivity contribution in [1.82, 2.24) is 10.2 Å². The monoisotopic (exact) mass is 212 g/mol. The molecule has 90 valence electrons. The van der Waals surface area contributed by atoms with E-state index in [0.29, 0.717) is 0 Å². The summed E-state index contributed by atoms with van der Waals surface area (Å²) >= 11 is 0. The summed E-state index contributed by atoms with van der Waals surface area (Å²) in [6, 6.07) is 0.770. The van der Waals surface area contributed by atoms with Crippen molar-refractivity contribution in [2.45, 2.75) is 46.1 Å². The van der Waals surface area contributed by atoms with Crippen molar-refractivity contribution < 1.29 is 0 Å². The number of nitrogens with one attached hydrogen (secondary N) is 1. The van der Waals surface area contributed by atoms with Gasteiger partial charge in [0.1, 0.15) is 0 Å². The molecule has 2 nitrogen and oxygen atoms in total. The molecular weight excluding hydrogens is 184 g/mol.